The van der Waals surface area contributed by atoms with Crippen LogP contribution in [0.1, 0.15) is 29.6 Å². The molecule has 0 bridgehead atoms. The minimum absolute atomic E-state index is 0.104. The van der Waals surface area contributed by atoms with Crippen molar-refractivity contribution in [1.29, 1.82) is 0 Å². The second-order valence-corrected chi connectivity index (χ2v) is 8.23. The summed E-state index contributed by atoms with van der Waals surface area (Å²) in [6, 6.07) is 8.96. The quantitative estimate of drug-likeness (QED) is 0.536. The van der Waals surface area contributed by atoms with Crippen molar-refractivity contribution in [1.82, 2.24) is 9.55 Å². The SMILES string of the molecule is CS(=O)CCn1c(-c2ccccc2)ncc(C(=O)C2C(=O)CCCC2=O)c1=O. The first kappa shape index (κ1) is 20.0. The number of carbonyl (C=O) groups is 3. The van der Waals surface area contributed by atoms with Gasteiger partial charge in [-0.15, -0.1) is 0 Å². The van der Waals surface area contributed by atoms with Gasteiger partial charge in [-0.05, 0) is 6.42 Å². The van der Waals surface area contributed by atoms with Gasteiger partial charge in [0.15, 0.2) is 17.3 Å². The van der Waals surface area contributed by atoms with E-state index in [9.17, 15) is 23.4 Å². The molecule has 1 fully saturated rings. The number of rotatable bonds is 6. The number of hydrogen-bond donors (Lipinski definition) is 0. The second-order valence-electron chi connectivity index (χ2n) is 6.68. The van der Waals surface area contributed by atoms with Gasteiger partial charge in [0.05, 0.1) is 0 Å². The fourth-order valence-electron chi connectivity index (χ4n) is 3.26. The van der Waals surface area contributed by atoms with Crippen LogP contribution in [0, 0.1) is 5.92 Å². The molecule has 1 heterocycles. The van der Waals surface area contributed by atoms with Crippen molar-refractivity contribution >= 4 is 28.1 Å². The molecule has 8 heteroatoms. The minimum Gasteiger partial charge on any atom is -0.298 e. The van der Waals surface area contributed by atoms with Gasteiger partial charge in [-0.2, -0.15) is 0 Å². The summed E-state index contributed by atoms with van der Waals surface area (Å²) in [5.41, 5.74) is -0.240. The highest BCUT2D eigenvalue weighted by atomic mass is 32.2. The Labute approximate surface area is 164 Å². The largest absolute Gasteiger partial charge is 0.298 e. The van der Waals surface area contributed by atoms with E-state index in [4.69, 9.17) is 0 Å². The van der Waals surface area contributed by atoms with Crippen molar-refractivity contribution < 1.29 is 18.6 Å². The molecule has 7 nitrogen and oxygen atoms in total. The Morgan fingerprint density at radius 2 is 1.79 bits per heavy atom. The molecule has 0 saturated heterocycles. The van der Waals surface area contributed by atoms with Gasteiger partial charge >= 0.3 is 0 Å². The van der Waals surface area contributed by atoms with Crippen molar-refractivity contribution in [3.8, 4) is 11.4 Å². The van der Waals surface area contributed by atoms with E-state index in [0.29, 0.717) is 17.8 Å². The van der Waals surface area contributed by atoms with E-state index in [2.05, 4.69) is 4.98 Å². The normalized spacial score (nSPS) is 16.2. The lowest BCUT2D eigenvalue weighted by Gasteiger charge is -2.19. The molecule has 1 saturated carbocycles. The first-order chi connectivity index (χ1) is 13.4. The standard InChI is InChI=1S/C20H20N2O5S/c1-28(27)11-10-22-19(13-6-3-2-4-7-13)21-12-14(20(22)26)18(25)17-15(23)8-5-9-16(17)24/h2-4,6-7,12,17H,5,8-11H2,1H3. The summed E-state index contributed by atoms with van der Waals surface area (Å²) in [7, 11) is -1.15. The van der Waals surface area contributed by atoms with Gasteiger partial charge in [0.2, 0.25) is 0 Å². The van der Waals surface area contributed by atoms with Gasteiger partial charge in [0.25, 0.3) is 5.56 Å². The second kappa shape index (κ2) is 8.52. The van der Waals surface area contributed by atoms with E-state index in [0.717, 1.165) is 6.20 Å². The van der Waals surface area contributed by atoms with E-state index in [1.165, 1.54) is 10.8 Å². The van der Waals surface area contributed by atoms with Gasteiger partial charge in [-0.1, -0.05) is 30.3 Å². The highest BCUT2D eigenvalue weighted by Gasteiger charge is 2.38. The van der Waals surface area contributed by atoms with Crippen LogP contribution in [0.5, 0.6) is 0 Å². The van der Waals surface area contributed by atoms with Crippen molar-refractivity contribution in [3.63, 3.8) is 0 Å². The fraction of sp³-hybridized carbons (Fsp3) is 0.350. The van der Waals surface area contributed by atoms with Crippen LogP contribution in [0.3, 0.4) is 0 Å². The molecule has 146 valence electrons. The Morgan fingerprint density at radius 1 is 1.14 bits per heavy atom. The molecular weight excluding hydrogens is 380 g/mol. The molecular formula is C20H20N2O5S. The van der Waals surface area contributed by atoms with E-state index in [1.54, 1.807) is 24.3 Å². The molecule has 1 aliphatic rings. The van der Waals surface area contributed by atoms with Gasteiger partial charge in [-0.3, -0.25) is 28.0 Å². The lowest BCUT2D eigenvalue weighted by Crippen LogP contribution is -2.39. The Kier molecular flexibility index (Phi) is 6.08. The monoisotopic (exact) mass is 400 g/mol. The first-order valence-corrected chi connectivity index (χ1v) is 10.7. The smallest absolute Gasteiger partial charge is 0.264 e. The Hall–Kier alpha value is -2.74. The van der Waals surface area contributed by atoms with Crippen LogP contribution in [-0.4, -0.2) is 43.1 Å². The lowest BCUT2D eigenvalue weighted by molar-refractivity contribution is -0.133. The van der Waals surface area contributed by atoms with Gasteiger partial charge < -0.3 is 0 Å². The molecule has 28 heavy (non-hydrogen) atoms. The number of hydrogen-bond acceptors (Lipinski definition) is 6. The molecule has 0 radical (unpaired) electrons. The third-order valence-electron chi connectivity index (χ3n) is 4.70. The zero-order chi connectivity index (χ0) is 20.3. The summed E-state index contributed by atoms with van der Waals surface area (Å²) in [4.78, 5) is 54.4. The first-order valence-electron chi connectivity index (χ1n) is 8.95. The van der Waals surface area contributed by atoms with Crippen molar-refractivity contribution in [3.05, 3.63) is 52.4 Å². The molecule has 0 amide bonds. The predicted octanol–water partition coefficient (Wildman–Crippen LogP) is 1.41. The third-order valence-corrected chi connectivity index (χ3v) is 5.46. The number of nitrogens with zero attached hydrogens (tertiary/aromatic N) is 2. The number of ketones is 3. The maximum Gasteiger partial charge on any atom is 0.264 e. The molecule has 0 N–H and O–H groups in total. The van der Waals surface area contributed by atoms with Crippen molar-refractivity contribution in [2.45, 2.75) is 25.8 Å². The summed E-state index contributed by atoms with van der Waals surface area (Å²) in [6.07, 6.45) is 3.40. The van der Waals surface area contributed by atoms with Crippen molar-refractivity contribution in [2.75, 3.05) is 12.0 Å². The maximum absolute atomic E-state index is 13.1. The van der Waals surface area contributed by atoms with Gasteiger partial charge in [-0.25, -0.2) is 4.98 Å². The summed E-state index contributed by atoms with van der Waals surface area (Å²) in [5, 5.41) is 0. The summed E-state index contributed by atoms with van der Waals surface area (Å²) in [6.45, 7) is 0.104. The zero-order valence-corrected chi connectivity index (χ0v) is 16.2. The summed E-state index contributed by atoms with van der Waals surface area (Å²) in [5.74, 6) is -2.56. The molecule has 1 aromatic carbocycles. The highest BCUT2D eigenvalue weighted by Crippen LogP contribution is 2.21. The molecule has 0 aliphatic heterocycles. The van der Waals surface area contributed by atoms with Crippen molar-refractivity contribution in [2.24, 2.45) is 5.92 Å². The van der Waals surface area contributed by atoms with Crippen LogP contribution in [0.2, 0.25) is 0 Å². The molecule has 1 unspecified atom stereocenters. The molecule has 1 atom stereocenters. The number of aromatic nitrogens is 2. The Bertz CT molecular complexity index is 997. The Morgan fingerprint density at radius 3 is 2.39 bits per heavy atom. The van der Waals surface area contributed by atoms with Crippen LogP contribution >= 0.6 is 0 Å². The average Bonchev–Trinajstić information content (AvgIpc) is 2.67. The summed E-state index contributed by atoms with van der Waals surface area (Å²) < 4.78 is 12.8. The van der Waals surface area contributed by atoms with Crippen LogP contribution in [0.25, 0.3) is 11.4 Å². The third kappa shape index (κ3) is 4.06. The highest BCUT2D eigenvalue weighted by molar-refractivity contribution is 7.84. The maximum atomic E-state index is 13.1. The molecule has 1 aliphatic carbocycles. The molecule has 1 aromatic heterocycles. The van der Waals surface area contributed by atoms with Crippen LogP contribution in [-0.2, 0) is 26.9 Å². The Balaban J connectivity index is 2.08. The lowest BCUT2D eigenvalue weighted by atomic mass is 9.82. The van der Waals surface area contributed by atoms with Crippen LogP contribution in [0.15, 0.2) is 41.3 Å². The van der Waals surface area contributed by atoms with E-state index in [1.807, 2.05) is 6.07 Å². The zero-order valence-electron chi connectivity index (χ0n) is 15.4. The van der Waals surface area contributed by atoms with Crippen LogP contribution in [0.4, 0.5) is 0 Å². The molecule has 3 rings (SSSR count). The predicted molar refractivity (Wildman–Crippen MR) is 105 cm³/mol. The van der Waals surface area contributed by atoms with E-state index >= 15 is 0 Å². The number of benzene rings is 1. The topological polar surface area (TPSA) is 103 Å². The van der Waals surface area contributed by atoms with E-state index < -0.39 is 39.6 Å². The van der Waals surface area contributed by atoms with Gasteiger partial charge in [0.1, 0.15) is 17.3 Å². The van der Waals surface area contributed by atoms with E-state index in [-0.39, 0.29) is 30.7 Å². The molecule has 2 aromatic rings. The summed E-state index contributed by atoms with van der Waals surface area (Å²) >= 11 is 0. The number of carbonyl (C=O) groups excluding carboxylic acids is 3. The fourth-order valence-corrected chi connectivity index (χ4v) is 3.70. The average molecular weight is 400 g/mol. The van der Waals surface area contributed by atoms with Gasteiger partial charge in [0, 0.05) is 54.0 Å². The minimum atomic E-state index is -1.42. The molecule has 0 spiro atoms. The van der Waals surface area contributed by atoms with Crippen LogP contribution < -0.4 is 5.56 Å². The number of Topliss-reactive ketones (excluding diaryl/α,β-unsaturated/α-hetero) is 3.